The molecule has 0 spiro atoms. The van der Waals surface area contributed by atoms with E-state index in [0.29, 0.717) is 0 Å². The Kier molecular flexibility index (Phi) is 5.35. The first-order valence-corrected chi connectivity index (χ1v) is 8.02. The maximum Gasteiger partial charge on any atom is 0.0307 e. The van der Waals surface area contributed by atoms with Crippen LogP contribution in [0, 0.1) is 13.8 Å². The van der Waals surface area contributed by atoms with Crippen molar-refractivity contribution in [2.75, 3.05) is 13.6 Å². The minimum absolute atomic E-state index is 0.124. The van der Waals surface area contributed by atoms with Gasteiger partial charge in [-0.25, -0.2) is 0 Å². The Morgan fingerprint density at radius 3 is 2.50 bits per heavy atom. The summed E-state index contributed by atoms with van der Waals surface area (Å²) in [7, 11) is 2.16. The second-order valence-electron chi connectivity index (χ2n) is 5.69. The number of benzene rings is 1. The number of hydrogen-bond acceptors (Lipinski definition) is 3. The maximum atomic E-state index is 6.33. The normalized spacial score (nSPS) is 12.8. The third-order valence-corrected chi connectivity index (χ3v) is 4.26. The summed E-state index contributed by atoms with van der Waals surface area (Å²) in [6.45, 7) is 6.28. The van der Waals surface area contributed by atoms with Crippen LogP contribution < -0.4 is 5.73 Å². The third-order valence-electron chi connectivity index (χ3n) is 3.53. The van der Waals surface area contributed by atoms with E-state index in [9.17, 15) is 0 Å². The fraction of sp³-hybridized carbons (Fsp3) is 0.412. The number of rotatable bonds is 6. The van der Waals surface area contributed by atoms with Crippen LogP contribution in [0.15, 0.2) is 35.0 Å². The standard InChI is InChI=1S/C17H24N2S/c1-13-8-14(2)10-16(9-13)17(18)4-6-19(3)11-15-5-7-20-12-15/h5,7-10,12,17H,4,6,11,18H2,1-3H3. The Bertz CT molecular complexity index is 514. The number of thiophene rings is 1. The highest BCUT2D eigenvalue weighted by atomic mass is 32.1. The van der Waals surface area contributed by atoms with Crippen molar-refractivity contribution in [2.24, 2.45) is 5.73 Å². The highest BCUT2D eigenvalue weighted by Gasteiger charge is 2.09. The minimum Gasteiger partial charge on any atom is -0.324 e. The lowest BCUT2D eigenvalue weighted by atomic mass is 10.00. The Morgan fingerprint density at radius 1 is 1.20 bits per heavy atom. The molecule has 0 aliphatic carbocycles. The van der Waals surface area contributed by atoms with Crippen molar-refractivity contribution in [3.05, 3.63) is 57.3 Å². The van der Waals surface area contributed by atoms with Gasteiger partial charge in [0.1, 0.15) is 0 Å². The third kappa shape index (κ3) is 4.44. The van der Waals surface area contributed by atoms with E-state index >= 15 is 0 Å². The quantitative estimate of drug-likeness (QED) is 0.874. The van der Waals surface area contributed by atoms with Gasteiger partial charge in [-0.15, -0.1) is 0 Å². The zero-order valence-electron chi connectivity index (χ0n) is 12.6. The van der Waals surface area contributed by atoms with Gasteiger partial charge in [-0.2, -0.15) is 11.3 Å². The summed E-state index contributed by atoms with van der Waals surface area (Å²) in [5, 5.41) is 4.34. The highest BCUT2D eigenvalue weighted by molar-refractivity contribution is 7.07. The molecule has 20 heavy (non-hydrogen) atoms. The molecule has 0 aliphatic heterocycles. The lowest BCUT2D eigenvalue weighted by Gasteiger charge is -2.19. The predicted octanol–water partition coefficient (Wildman–Crippen LogP) is 3.89. The van der Waals surface area contributed by atoms with Crippen molar-refractivity contribution in [2.45, 2.75) is 32.9 Å². The number of aryl methyl sites for hydroxylation is 2. The van der Waals surface area contributed by atoms with Crippen molar-refractivity contribution in [1.82, 2.24) is 4.90 Å². The van der Waals surface area contributed by atoms with Gasteiger partial charge in [0.25, 0.3) is 0 Å². The predicted molar refractivity (Wildman–Crippen MR) is 88.1 cm³/mol. The molecule has 2 aromatic rings. The van der Waals surface area contributed by atoms with E-state index in [1.165, 1.54) is 22.3 Å². The van der Waals surface area contributed by atoms with Crippen LogP contribution in [-0.4, -0.2) is 18.5 Å². The van der Waals surface area contributed by atoms with Gasteiger partial charge in [0.15, 0.2) is 0 Å². The first-order chi connectivity index (χ1) is 9.54. The molecule has 2 rings (SSSR count). The molecule has 1 aromatic heterocycles. The Balaban J connectivity index is 1.86. The van der Waals surface area contributed by atoms with Crippen molar-refractivity contribution >= 4 is 11.3 Å². The zero-order valence-corrected chi connectivity index (χ0v) is 13.4. The van der Waals surface area contributed by atoms with E-state index in [1.54, 1.807) is 11.3 Å². The van der Waals surface area contributed by atoms with Crippen LogP contribution in [0.1, 0.15) is 34.7 Å². The topological polar surface area (TPSA) is 29.3 Å². The second-order valence-corrected chi connectivity index (χ2v) is 6.47. The van der Waals surface area contributed by atoms with Crippen LogP contribution in [-0.2, 0) is 6.54 Å². The van der Waals surface area contributed by atoms with E-state index in [0.717, 1.165) is 19.5 Å². The maximum absolute atomic E-state index is 6.33. The molecule has 2 nitrogen and oxygen atoms in total. The summed E-state index contributed by atoms with van der Waals surface area (Å²) in [5.41, 5.74) is 11.6. The fourth-order valence-corrected chi connectivity index (χ4v) is 3.18. The molecule has 108 valence electrons. The first kappa shape index (κ1) is 15.2. The Morgan fingerprint density at radius 2 is 1.90 bits per heavy atom. The van der Waals surface area contributed by atoms with Gasteiger partial charge in [-0.3, -0.25) is 0 Å². The van der Waals surface area contributed by atoms with Gasteiger partial charge in [-0.1, -0.05) is 29.3 Å². The van der Waals surface area contributed by atoms with Gasteiger partial charge in [0, 0.05) is 12.6 Å². The highest BCUT2D eigenvalue weighted by Crippen LogP contribution is 2.18. The zero-order chi connectivity index (χ0) is 14.5. The van der Waals surface area contributed by atoms with E-state index < -0.39 is 0 Å². The summed E-state index contributed by atoms with van der Waals surface area (Å²) in [6.07, 6.45) is 0.990. The molecule has 0 radical (unpaired) electrons. The number of nitrogens with two attached hydrogens (primary N) is 1. The molecule has 1 unspecified atom stereocenters. The van der Waals surface area contributed by atoms with Crippen LogP contribution in [0.25, 0.3) is 0 Å². The van der Waals surface area contributed by atoms with Gasteiger partial charge in [-0.05, 0) is 61.8 Å². The van der Waals surface area contributed by atoms with Crippen LogP contribution in [0.2, 0.25) is 0 Å². The Labute approximate surface area is 126 Å². The van der Waals surface area contributed by atoms with Gasteiger partial charge < -0.3 is 10.6 Å². The molecular formula is C17H24N2S. The lowest BCUT2D eigenvalue weighted by Crippen LogP contribution is -2.23. The SMILES string of the molecule is Cc1cc(C)cc(C(N)CCN(C)Cc2ccsc2)c1. The second kappa shape index (κ2) is 7.02. The van der Waals surface area contributed by atoms with Gasteiger partial charge in [0.2, 0.25) is 0 Å². The molecule has 3 heteroatoms. The minimum atomic E-state index is 0.124. The van der Waals surface area contributed by atoms with Gasteiger partial charge >= 0.3 is 0 Å². The average molecular weight is 288 g/mol. The molecule has 1 aromatic carbocycles. The number of hydrogen-bond donors (Lipinski definition) is 1. The molecule has 1 atom stereocenters. The molecule has 0 fully saturated rings. The lowest BCUT2D eigenvalue weighted by molar-refractivity contribution is 0.312. The molecule has 2 N–H and O–H groups in total. The van der Waals surface area contributed by atoms with E-state index in [4.69, 9.17) is 5.73 Å². The number of nitrogens with zero attached hydrogens (tertiary/aromatic N) is 1. The van der Waals surface area contributed by atoms with Crippen molar-refractivity contribution < 1.29 is 0 Å². The van der Waals surface area contributed by atoms with E-state index in [-0.39, 0.29) is 6.04 Å². The summed E-state index contributed by atoms with van der Waals surface area (Å²) in [6, 6.07) is 8.91. The first-order valence-electron chi connectivity index (χ1n) is 7.08. The molecule has 0 saturated carbocycles. The van der Waals surface area contributed by atoms with E-state index in [1.807, 2.05) is 0 Å². The van der Waals surface area contributed by atoms with Crippen LogP contribution in [0.5, 0.6) is 0 Å². The van der Waals surface area contributed by atoms with Crippen molar-refractivity contribution in [1.29, 1.82) is 0 Å². The van der Waals surface area contributed by atoms with Crippen LogP contribution >= 0.6 is 11.3 Å². The summed E-state index contributed by atoms with van der Waals surface area (Å²) in [5.74, 6) is 0. The summed E-state index contributed by atoms with van der Waals surface area (Å²) >= 11 is 1.75. The summed E-state index contributed by atoms with van der Waals surface area (Å²) in [4.78, 5) is 2.34. The van der Waals surface area contributed by atoms with Crippen LogP contribution in [0.3, 0.4) is 0 Å². The van der Waals surface area contributed by atoms with Crippen LogP contribution in [0.4, 0.5) is 0 Å². The molecule has 0 amide bonds. The monoisotopic (exact) mass is 288 g/mol. The molecule has 0 saturated heterocycles. The fourth-order valence-electron chi connectivity index (χ4n) is 2.52. The van der Waals surface area contributed by atoms with E-state index in [2.05, 4.69) is 60.8 Å². The summed E-state index contributed by atoms with van der Waals surface area (Å²) < 4.78 is 0. The Hall–Kier alpha value is -1.16. The van der Waals surface area contributed by atoms with Crippen molar-refractivity contribution in [3.63, 3.8) is 0 Å². The molecular weight excluding hydrogens is 264 g/mol. The average Bonchev–Trinajstić information content (AvgIpc) is 2.87. The molecule has 0 aliphatic rings. The van der Waals surface area contributed by atoms with Gasteiger partial charge in [0.05, 0.1) is 0 Å². The smallest absolute Gasteiger partial charge is 0.0307 e. The molecule has 0 bridgehead atoms. The van der Waals surface area contributed by atoms with Crippen molar-refractivity contribution in [3.8, 4) is 0 Å². The molecule has 1 heterocycles. The largest absolute Gasteiger partial charge is 0.324 e.